The molecule has 0 amide bonds. The van der Waals surface area contributed by atoms with Crippen LogP contribution in [0.2, 0.25) is 0 Å². The normalized spacial score (nSPS) is 33.6. The van der Waals surface area contributed by atoms with Crippen molar-refractivity contribution < 1.29 is 14.8 Å². The first-order chi connectivity index (χ1) is 9.29. The summed E-state index contributed by atoms with van der Waals surface area (Å²) in [5.41, 5.74) is -1.84. The van der Waals surface area contributed by atoms with E-state index in [9.17, 15) is 20.0 Å². The predicted molar refractivity (Wildman–Crippen MR) is 73.8 cm³/mol. The lowest BCUT2D eigenvalue weighted by atomic mass is 9.65. The minimum atomic E-state index is -1.28. The van der Waals surface area contributed by atoms with E-state index in [4.69, 9.17) is 0 Å². The Morgan fingerprint density at radius 1 is 1.35 bits per heavy atom. The monoisotopic (exact) mass is 277 g/mol. The standard InChI is InChI=1S/C15H19NO4/c1-11(17)13-10-15(16(19)20,9-8-14(13,2)18)12-6-4-3-5-7-12/h3-7,13,18H,8-10H2,1-2H3/t13-,14-,15-/m1/s1. The Kier molecular flexibility index (Phi) is 3.65. The quantitative estimate of drug-likeness (QED) is 0.679. The summed E-state index contributed by atoms with van der Waals surface area (Å²) in [6.45, 7) is 2.98. The Morgan fingerprint density at radius 3 is 2.45 bits per heavy atom. The van der Waals surface area contributed by atoms with Gasteiger partial charge in [0, 0.05) is 23.3 Å². The second-order valence-electron chi connectivity index (χ2n) is 5.88. The lowest BCUT2D eigenvalue weighted by Gasteiger charge is -2.42. The molecule has 0 spiro atoms. The molecule has 0 radical (unpaired) electrons. The second kappa shape index (κ2) is 4.98. The average Bonchev–Trinajstić information content (AvgIpc) is 2.39. The third-order valence-electron chi connectivity index (χ3n) is 4.49. The van der Waals surface area contributed by atoms with Gasteiger partial charge >= 0.3 is 0 Å². The van der Waals surface area contributed by atoms with E-state index < -0.39 is 17.1 Å². The summed E-state index contributed by atoms with van der Waals surface area (Å²) in [5.74, 6) is -0.904. The molecule has 108 valence electrons. The molecule has 1 aliphatic carbocycles. The Morgan fingerprint density at radius 2 is 1.95 bits per heavy atom. The van der Waals surface area contributed by atoms with Crippen molar-refractivity contribution in [3.8, 4) is 0 Å². The number of nitro groups is 1. The first-order valence-corrected chi connectivity index (χ1v) is 6.72. The molecule has 1 N–H and O–H groups in total. The first kappa shape index (κ1) is 14.7. The van der Waals surface area contributed by atoms with Crippen molar-refractivity contribution in [2.75, 3.05) is 0 Å². The fourth-order valence-electron chi connectivity index (χ4n) is 3.16. The zero-order valence-electron chi connectivity index (χ0n) is 11.7. The highest BCUT2D eigenvalue weighted by atomic mass is 16.6. The summed E-state index contributed by atoms with van der Waals surface area (Å²) in [5, 5.41) is 22.0. The SMILES string of the molecule is CC(=O)[C@H]1C[C@](c2ccccc2)([N+](=O)[O-])CC[C@@]1(C)O. The van der Waals surface area contributed by atoms with Crippen LogP contribution in [-0.4, -0.2) is 21.4 Å². The zero-order valence-corrected chi connectivity index (χ0v) is 11.7. The van der Waals surface area contributed by atoms with Crippen LogP contribution in [0.1, 0.15) is 38.7 Å². The van der Waals surface area contributed by atoms with E-state index in [1.807, 2.05) is 0 Å². The molecule has 3 atom stereocenters. The van der Waals surface area contributed by atoms with Crippen molar-refractivity contribution in [1.82, 2.24) is 0 Å². The molecule has 0 aromatic heterocycles. The van der Waals surface area contributed by atoms with Crippen molar-refractivity contribution in [2.45, 2.75) is 44.2 Å². The van der Waals surface area contributed by atoms with E-state index in [1.165, 1.54) is 6.92 Å². The second-order valence-corrected chi connectivity index (χ2v) is 5.88. The minimum Gasteiger partial charge on any atom is -0.389 e. The smallest absolute Gasteiger partial charge is 0.248 e. The van der Waals surface area contributed by atoms with Gasteiger partial charge in [0.25, 0.3) is 0 Å². The molecule has 1 saturated carbocycles. The molecule has 0 bridgehead atoms. The topological polar surface area (TPSA) is 80.4 Å². The molecule has 0 heterocycles. The first-order valence-electron chi connectivity index (χ1n) is 6.72. The van der Waals surface area contributed by atoms with Crippen molar-refractivity contribution >= 4 is 5.78 Å². The molecule has 5 nitrogen and oxygen atoms in total. The maximum atomic E-state index is 11.8. The summed E-state index contributed by atoms with van der Waals surface area (Å²) in [7, 11) is 0. The molecule has 5 heteroatoms. The molecule has 1 fully saturated rings. The van der Waals surface area contributed by atoms with Gasteiger partial charge in [0.2, 0.25) is 5.54 Å². The van der Waals surface area contributed by atoms with Gasteiger partial charge in [-0.05, 0) is 20.3 Å². The van der Waals surface area contributed by atoms with Crippen molar-refractivity contribution in [2.24, 2.45) is 5.92 Å². The minimum absolute atomic E-state index is 0.0480. The van der Waals surface area contributed by atoms with Crippen molar-refractivity contribution in [1.29, 1.82) is 0 Å². The van der Waals surface area contributed by atoms with Crippen LogP contribution in [0, 0.1) is 16.0 Å². The molecule has 0 unspecified atom stereocenters. The number of carbonyl (C=O) groups is 1. The molecule has 1 aliphatic rings. The van der Waals surface area contributed by atoms with Gasteiger partial charge < -0.3 is 5.11 Å². The van der Waals surface area contributed by atoms with Gasteiger partial charge in [-0.25, -0.2) is 0 Å². The van der Waals surface area contributed by atoms with Gasteiger partial charge in [-0.1, -0.05) is 30.3 Å². The molecule has 1 aromatic carbocycles. The fourth-order valence-corrected chi connectivity index (χ4v) is 3.16. The number of rotatable bonds is 3. The lowest BCUT2D eigenvalue weighted by molar-refractivity contribution is -0.588. The van der Waals surface area contributed by atoms with Crippen LogP contribution in [0.4, 0.5) is 0 Å². The van der Waals surface area contributed by atoms with Crippen molar-refractivity contribution in [3.63, 3.8) is 0 Å². The number of benzene rings is 1. The Balaban J connectivity index is 2.46. The van der Waals surface area contributed by atoms with E-state index in [-0.39, 0.29) is 30.0 Å². The number of carbonyl (C=O) groups excluding carboxylic acids is 1. The number of nitrogens with zero attached hydrogens (tertiary/aromatic N) is 1. The van der Waals surface area contributed by atoms with Crippen molar-refractivity contribution in [3.05, 3.63) is 46.0 Å². The third-order valence-corrected chi connectivity index (χ3v) is 4.49. The predicted octanol–water partition coefficient (Wildman–Crippen LogP) is 2.30. The van der Waals surface area contributed by atoms with Crippen LogP contribution in [0.3, 0.4) is 0 Å². The number of hydrogen-bond donors (Lipinski definition) is 1. The molecule has 0 saturated heterocycles. The van der Waals surface area contributed by atoms with Gasteiger partial charge in [-0.15, -0.1) is 0 Å². The zero-order chi connectivity index (χ0) is 15.0. The maximum absolute atomic E-state index is 11.8. The Labute approximate surface area is 117 Å². The van der Waals surface area contributed by atoms with Crippen LogP contribution in [0.15, 0.2) is 30.3 Å². The Bertz CT molecular complexity index is 526. The largest absolute Gasteiger partial charge is 0.389 e. The third kappa shape index (κ3) is 2.33. The number of aliphatic hydroxyl groups is 1. The summed E-state index contributed by atoms with van der Waals surface area (Å²) in [6.07, 6.45) is 0.528. The summed E-state index contributed by atoms with van der Waals surface area (Å²) in [6, 6.07) is 8.77. The summed E-state index contributed by atoms with van der Waals surface area (Å²) >= 11 is 0. The summed E-state index contributed by atoms with van der Waals surface area (Å²) < 4.78 is 0. The van der Waals surface area contributed by atoms with Crippen LogP contribution in [0.25, 0.3) is 0 Å². The highest BCUT2D eigenvalue weighted by Crippen LogP contribution is 2.46. The van der Waals surface area contributed by atoms with E-state index >= 15 is 0 Å². The van der Waals surface area contributed by atoms with Crippen LogP contribution >= 0.6 is 0 Å². The Hall–Kier alpha value is -1.75. The van der Waals surface area contributed by atoms with Gasteiger partial charge in [-0.2, -0.15) is 0 Å². The lowest BCUT2D eigenvalue weighted by Crippen LogP contribution is -2.52. The fraction of sp³-hybridized carbons (Fsp3) is 0.533. The highest BCUT2D eigenvalue weighted by molar-refractivity contribution is 5.79. The van der Waals surface area contributed by atoms with Crippen LogP contribution in [-0.2, 0) is 10.3 Å². The van der Waals surface area contributed by atoms with E-state index in [0.717, 1.165) is 0 Å². The van der Waals surface area contributed by atoms with E-state index in [1.54, 1.807) is 37.3 Å². The maximum Gasteiger partial charge on any atom is 0.248 e. The molecular weight excluding hydrogens is 258 g/mol. The van der Waals surface area contributed by atoms with Gasteiger partial charge in [0.15, 0.2) is 0 Å². The summed E-state index contributed by atoms with van der Waals surface area (Å²) in [4.78, 5) is 23.1. The van der Waals surface area contributed by atoms with Crippen LogP contribution < -0.4 is 0 Å². The number of hydrogen-bond acceptors (Lipinski definition) is 4. The molecule has 2 rings (SSSR count). The molecule has 0 aliphatic heterocycles. The van der Waals surface area contributed by atoms with Gasteiger partial charge in [0.05, 0.1) is 11.5 Å². The van der Waals surface area contributed by atoms with Crippen LogP contribution in [0.5, 0.6) is 0 Å². The van der Waals surface area contributed by atoms with E-state index in [2.05, 4.69) is 0 Å². The molecule has 20 heavy (non-hydrogen) atoms. The highest BCUT2D eigenvalue weighted by Gasteiger charge is 2.55. The molecule has 1 aromatic rings. The average molecular weight is 277 g/mol. The van der Waals surface area contributed by atoms with Gasteiger partial charge in [-0.3, -0.25) is 14.9 Å². The number of Topliss-reactive ketones (excluding diaryl/α,β-unsaturated/α-hetero) is 1. The van der Waals surface area contributed by atoms with E-state index in [0.29, 0.717) is 5.56 Å². The number of ketones is 1. The molecular formula is C15H19NO4. The van der Waals surface area contributed by atoms with Gasteiger partial charge in [0.1, 0.15) is 5.78 Å².